The minimum absolute atomic E-state index is 0.246. The Labute approximate surface area is 149 Å². The highest BCUT2D eigenvalue weighted by molar-refractivity contribution is 7.11. The number of hydrogen-bond acceptors (Lipinski definition) is 5. The monoisotopic (exact) mass is 354 g/mol. The SMILES string of the molecule is CCC1(OCc2nc(C)c(C)s2)CCCN(C(=O)OC(C)(C)C)C1. The van der Waals surface area contributed by atoms with Crippen molar-refractivity contribution in [3.8, 4) is 0 Å². The maximum Gasteiger partial charge on any atom is 0.410 e. The van der Waals surface area contributed by atoms with Gasteiger partial charge in [-0.15, -0.1) is 11.3 Å². The Kier molecular flexibility index (Phi) is 5.91. The molecular weight excluding hydrogens is 324 g/mol. The third-order valence-corrected chi connectivity index (χ3v) is 5.46. The summed E-state index contributed by atoms with van der Waals surface area (Å²) in [7, 11) is 0. The van der Waals surface area contributed by atoms with Crippen molar-refractivity contribution >= 4 is 17.4 Å². The Morgan fingerprint density at radius 1 is 1.38 bits per heavy atom. The normalized spacial score (nSPS) is 21.8. The van der Waals surface area contributed by atoms with Crippen LogP contribution in [0.25, 0.3) is 0 Å². The second-order valence-electron chi connectivity index (χ2n) is 7.58. The molecule has 0 N–H and O–H groups in total. The summed E-state index contributed by atoms with van der Waals surface area (Å²) in [6.07, 6.45) is 2.52. The van der Waals surface area contributed by atoms with Crippen LogP contribution in [0.2, 0.25) is 0 Å². The van der Waals surface area contributed by atoms with E-state index in [1.54, 1.807) is 16.2 Å². The molecule has 0 saturated carbocycles. The summed E-state index contributed by atoms with van der Waals surface area (Å²) in [5.41, 5.74) is 0.297. The number of hydrogen-bond donors (Lipinski definition) is 0. The van der Waals surface area contributed by atoms with Crippen molar-refractivity contribution in [2.24, 2.45) is 0 Å². The summed E-state index contributed by atoms with van der Waals surface area (Å²) in [4.78, 5) is 20.0. The second kappa shape index (κ2) is 7.40. The first-order valence-electron chi connectivity index (χ1n) is 8.69. The van der Waals surface area contributed by atoms with Crippen molar-refractivity contribution < 1.29 is 14.3 Å². The summed E-state index contributed by atoms with van der Waals surface area (Å²) >= 11 is 1.69. The van der Waals surface area contributed by atoms with Crippen molar-refractivity contribution in [3.63, 3.8) is 0 Å². The predicted molar refractivity (Wildman–Crippen MR) is 96.4 cm³/mol. The van der Waals surface area contributed by atoms with Crippen LogP contribution in [0.15, 0.2) is 0 Å². The summed E-state index contributed by atoms with van der Waals surface area (Å²) < 4.78 is 11.8. The summed E-state index contributed by atoms with van der Waals surface area (Å²) in [6, 6.07) is 0. The van der Waals surface area contributed by atoms with Crippen molar-refractivity contribution in [1.29, 1.82) is 0 Å². The van der Waals surface area contributed by atoms with E-state index >= 15 is 0 Å². The summed E-state index contributed by atoms with van der Waals surface area (Å²) in [5.74, 6) is 0. The third kappa shape index (κ3) is 4.93. The van der Waals surface area contributed by atoms with Crippen molar-refractivity contribution in [1.82, 2.24) is 9.88 Å². The van der Waals surface area contributed by atoms with Gasteiger partial charge >= 0.3 is 6.09 Å². The number of amides is 1. The number of thiazole rings is 1. The third-order valence-electron chi connectivity index (χ3n) is 4.41. The van der Waals surface area contributed by atoms with Gasteiger partial charge < -0.3 is 14.4 Å². The van der Waals surface area contributed by atoms with Gasteiger partial charge in [-0.05, 0) is 53.9 Å². The van der Waals surface area contributed by atoms with E-state index in [0.29, 0.717) is 13.2 Å². The van der Waals surface area contributed by atoms with Gasteiger partial charge in [0.1, 0.15) is 10.6 Å². The Bertz CT molecular complexity index is 560. The molecule has 1 aromatic heterocycles. The molecule has 0 bridgehead atoms. The topological polar surface area (TPSA) is 51.7 Å². The first-order chi connectivity index (χ1) is 11.1. The zero-order valence-corrected chi connectivity index (χ0v) is 16.6. The van der Waals surface area contributed by atoms with Gasteiger partial charge in [0, 0.05) is 11.4 Å². The van der Waals surface area contributed by atoms with Crippen LogP contribution in [0.1, 0.15) is 62.5 Å². The summed E-state index contributed by atoms with van der Waals surface area (Å²) in [6.45, 7) is 13.7. The van der Waals surface area contributed by atoms with Crippen LogP contribution in [-0.4, -0.2) is 40.3 Å². The van der Waals surface area contributed by atoms with Crippen molar-refractivity contribution in [3.05, 3.63) is 15.6 Å². The van der Waals surface area contributed by atoms with Crippen molar-refractivity contribution in [2.75, 3.05) is 13.1 Å². The number of rotatable bonds is 4. The maximum atomic E-state index is 12.4. The van der Waals surface area contributed by atoms with Crippen LogP contribution in [0.4, 0.5) is 4.79 Å². The largest absolute Gasteiger partial charge is 0.444 e. The van der Waals surface area contributed by atoms with Gasteiger partial charge in [0.25, 0.3) is 0 Å². The van der Waals surface area contributed by atoms with Gasteiger partial charge in [0.05, 0.1) is 24.4 Å². The Morgan fingerprint density at radius 3 is 2.62 bits per heavy atom. The van der Waals surface area contributed by atoms with Crippen LogP contribution >= 0.6 is 11.3 Å². The lowest BCUT2D eigenvalue weighted by Crippen LogP contribution is -2.52. The highest BCUT2D eigenvalue weighted by atomic mass is 32.1. The molecule has 1 fully saturated rings. The Morgan fingerprint density at radius 2 is 2.08 bits per heavy atom. The Balaban J connectivity index is 2.01. The lowest BCUT2D eigenvalue weighted by atomic mass is 9.90. The molecule has 1 saturated heterocycles. The number of carbonyl (C=O) groups is 1. The van der Waals surface area contributed by atoms with E-state index in [1.165, 1.54) is 4.88 Å². The fourth-order valence-electron chi connectivity index (χ4n) is 2.90. The molecule has 0 spiro atoms. The van der Waals surface area contributed by atoms with E-state index in [1.807, 2.05) is 27.7 Å². The molecule has 6 heteroatoms. The van der Waals surface area contributed by atoms with E-state index < -0.39 is 5.60 Å². The van der Waals surface area contributed by atoms with Gasteiger partial charge in [-0.1, -0.05) is 6.92 Å². The number of ether oxygens (including phenoxy) is 2. The molecule has 24 heavy (non-hydrogen) atoms. The number of carbonyl (C=O) groups excluding carboxylic acids is 1. The number of likely N-dealkylation sites (tertiary alicyclic amines) is 1. The molecule has 2 heterocycles. The molecule has 1 amide bonds. The standard InChI is InChI=1S/C18H30N2O3S/c1-7-18(22-11-15-19-13(2)14(3)24-15)9-8-10-20(12-18)16(21)23-17(4,5)6/h7-12H2,1-6H3. The fraction of sp³-hybridized carbons (Fsp3) is 0.778. The average molecular weight is 355 g/mol. The smallest absolute Gasteiger partial charge is 0.410 e. The molecule has 0 radical (unpaired) electrons. The number of aromatic nitrogens is 1. The maximum absolute atomic E-state index is 12.4. The van der Waals surface area contributed by atoms with E-state index in [-0.39, 0.29) is 11.7 Å². The van der Waals surface area contributed by atoms with Crippen molar-refractivity contribution in [2.45, 2.75) is 78.6 Å². The van der Waals surface area contributed by atoms with Gasteiger partial charge in [-0.25, -0.2) is 9.78 Å². The van der Waals surface area contributed by atoms with Gasteiger partial charge in [0.15, 0.2) is 0 Å². The molecule has 1 atom stereocenters. The lowest BCUT2D eigenvalue weighted by molar-refractivity contribution is -0.101. The molecule has 1 unspecified atom stereocenters. The van der Waals surface area contributed by atoms with E-state index in [0.717, 1.165) is 36.5 Å². The lowest BCUT2D eigenvalue weighted by Gasteiger charge is -2.42. The quantitative estimate of drug-likeness (QED) is 0.801. The minimum Gasteiger partial charge on any atom is -0.444 e. The zero-order valence-electron chi connectivity index (χ0n) is 15.8. The zero-order chi connectivity index (χ0) is 18.0. The summed E-state index contributed by atoms with van der Waals surface area (Å²) in [5, 5.41) is 1.01. The number of nitrogens with zero attached hydrogens (tertiary/aromatic N) is 2. The van der Waals surface area contributed by atoms with Crippen LogP contribution in [0, 0.1) is 13.8 Å². The van der Waals surface area contributed by atoms with Gasteiger partial charge in [-0.3, -0.25) is 0 Å². The molecule has 1 aromatic rings. The highest BCUT2D eigenvalue weighted by Crippen LogP contribution is 2.31. The van der Waals surface area contributed by atoms with Crippen LogP contribution in [0.3, 0.4) is 0 Å². The molecule has 2 rings (SSSR count). The second-order valence-corrected chi connectivity index (χ2v) is 8.87. The molecular formula is C18H30N2O3S. The first kappa shape index (κ1) is 19.2. The molecule has 0 aliphatic carbocycles. The van der Waals surface area contributed by atoms with E-state index in [4.69, 9.17) is 9.47 Å². The average Bonchev–Trinajstić information content (AvgIpc) is 2.82. The van der Waals surface area contributed by atoms with E-state index in [9.17, 15) is 4.79 Å². The Hall–Kier alpha value is -1.14. The minimum atomic E-state index is -0.472. The molecule has 1 aliphatic rings. The van der Waals surface area contributed by atoms with Crippen LogP contribution in [0.5, 0.6) is 0 Å². The molecule has 136 valence electrons. The fourth-order valence-corrected chi connectivity index (χ4v) is 3.75. The first-order valence-corrected chi connectivity index (χ1v) is 9.50. The molecule has 0 aromatic carbocycles. The van der Waals surface area contributed by atoms with Gasteiger partial charge in [0.2, 0.25) is 0 Å². The molecule has 5 nitrogen and oxygen atoms in total. The number of aryl methyl sites for hydroxylation is 2. The van der Waals surface area contributed by atoms with Gasteiger partial charge in [-0.2, -0.15) is 0 Å². The van der Waals surface area contributed by atoms with E-state index in [2.05, 4.69) is 18.8 Å². The molecule has 1 aliphatic heterocycles. The van der Waals surface area contributed by atoms with Crippen LogP contribution < -0.4 is 0 Å². The predicted octanol–water partition coefficient (Wildman–Crippen LogP) is 4.46. The number of piperidine rings is 1. The highest BCUT2D eigenvalue weighted by Gasteiger charge is 2.38. The van der Waals surface area contributed by atoms with Crippen LogP contribution in [-0.2, 0) is 16.1 Å².